The predicted molar refractivity (Wildman–Crippen MR) is 130 cm³/mol. The molecule has 32 heavy (non-hydrogen) atoms. The van der Waals surface area contributed by atoms with Crippen LogP contribution in [0.15, 0.2) is 72.8 Å². The second-order valence-corrected chi connectivity index (χ2v) is 7.78. The number of benzene rings is 3. The molecule has 0 spiro atoms. The number of unbranched alkanes of at least 4 members (excludes halogenated alkanes) is 3. The fourth-order valence-electron chi connectivity index (χ4n) is 3.54. The number of methoxy groups -OCH3 is 1. The van der Waals surface area contributed by atoms with Gasteiger partial charge in [0, 0.05) is 24.5 Å². The molecule has 0 aromatic heterocycles. The molecule has 0 radical (unpaired) electrons. The molecule has 3 aromatic carbocycles. The summed E-state index contributed by atoms with van der Waals surface area (Å²) in [6, 6.07) is 23.1. The molecule has 0 aliphatic heterocycles. The molecule has 3 N–H and O–H groups in total. The molecule has 3 aromatic rings. The summed E-state index contributed by atoms with van der Waals surface area (Å²) in [4.78, 5) is 24.6. The molecule has 0 bridgehead atoms. The van der Waals surface area contributed by atoms with Gasteiger partial charge in [0.2, 0.25) is 5.91 Å². The van der Waals surface area contributed by atoms with Gasteiger partial charge in [-0.15, -0.1) is 0 Å². The van der Waals surface area contributed by atoms with Crippen molar-refractivity contribution < 1.29 is 14.3 Å². The fourth-order valence-corrected chi connectivity index (χ4v) is 3.54. The van der Waals surface area contributed by atoms with E-state index < -0.39 is 0 Å². The Hall–Kier alpha value is -3.60. The minimum absolute atomic E-state index is 0.0588. The lowest BCUT2D eigenvalue weighted by molar-refractivity contribution is -0.116. The van der Waals surface area contributed by atoms with Gasteiger partial charge in [0.25, 0.3) is 0 Å². The van der Waals surface area contributed by atoms with Gasteiger partial charge in [0.15, 0.2) is 5.78 Å². The van der Waals surface area contributed by atoms with E-state index in [1.165, 1.54) is 0 Å². The topological polar surface area (TPSA) is 81.4 Å². The van der Waals surface area contributed by atoms with E-state index in [0.29, 0.717) is 30.0 Å². The van der Waals surface area contributed by atoms with Crippen LogP contribution in [0.1, 0.15) is 48.9 Å². The van der Waals surface area contributed by atoms with Crippen molar-refractivity contribution in [2.45, 2.75) is 38.5 Å². The van der Waals surface area contributed by atoms with Crippen molar-refractivity contribution in [3.63, 3.8) is 0 Å². The van der Waals surface area contributed by atoms with Crippen molar-refractivity contribution in [2.75, 3.05) is 18.2 Å². The van der Waals surface area contributed by atoms with E-state index in [9.17, 15) is 9.59 Å². The Morgan fingerprint density at radius 1 is 0.812 bits per heavy atom. The van der Waals surface area contributed by atoms with Crippen LogP contribution in [-0.4, -0.2) is 18.8 Å². The minimum Gasteiger partial charge on any atom is -0.497 e. The smallest absolute Gasteiger partial charge is 0.224 e. The van der Waals surface area contributed by atoms with Crippen LogP contribution in [0.4, 0.5) is 11.4 Å². The quantitative estimate of drug-likeness (QED) is 0.219. The second kappa shape index (κ2) is 11.7. The van der Waals surface area contributed by atoms with E-state index in [1.807, 2.05) is 42.5 Å². The minimum atomic E-state index is -0.0588. The van der Waals surface area contributed by atoms with Gasteiger partial charge < -0.3 is 15.8 Å². The van der Waals surface area contributed by atoms with Crippen molar-refractivity contribution in [2.24, 2.45) is 0 Å². The Morgan fingerprint density at radius 3 is 2.12 bits per heavy atom. The van der Waals surface area contributed by atoms with Crippen LogP contribution in [0.2, 0.25) is 0 Å². The molecule has 5 heteroatoms. The standard InChI is InChI=1S/C27H30N2O3/c1-32-23-17-18-25(24(28)19-23)29-27(31)12-8-3-2-7-11-26(30)22-15-13-21(14-16-22)20-9-5-4-6-10-20/h4-6,9-10,13-19H,2-3,7-8,11-12,28H2,1H3,(H,29,31). The number of nitrogens with one attached hydrogen (secondary N) is 1. The molecule has 0 saturated heterocycles. The average molecular weight is 431 g/mol. The molecule has 3 rings (SSSR count). The van der Waals surface area contributed by atoms with E-state index in [0.717, 1.165) is 42.4 Å². The van der Waals surface area contributed by atoms with Crippen molar-refractivity contribution >= 4 is 23.1 Å². The number of hydrogen-bond donors (Lipinski definition) is 2. The molecule has 0 aliphatic carbocycles. The zero-order valence-electron chi connectivity index (χ0n) is 18.5. The number of carbonyl (C=O) groups excluding carboxylic acids is 2. The molecule has 0 atom stereocenters. The van der Waals surface area contributed by atoms with Crippen LogP contribution < -0.4 is 15.8 Å². The van der Waals surface area contributed by atoms with Gasteiger partial charge in [-0.25, -0.2) is 0 Å². The largest absolute Gasteiger partial charge is 0.497 e. The number of hydrogen-bond acceptors (Lipinski definition) is 4. The third-order valence-corrected chi connectivity index (χ3v) is 5.40. The van der Waals surface area contributed by atoms with Gasteiger partial charge in [-0.2, -0.15) is 0 Å². The maximum atomic E-state index is 12.4. The van der Waals surface area contributed by atoms with Gasteiger partial charge in [-0.3, -0.25) is 9.59 Å². The van der Waals surface area contributed by atoms with Crippen LogP contribution in [0.5, 0.6) is 5.75 Å². The first kappa shape index (κ1) is 23.1. The first-order valence-electron chi connectivity index (χ1n) is 11.0. The summed E-state index contributed by atoms with van der Waals surface area (Å²) in [6.45, 7) is 0. The molecule has 0 saturated carbocycles. The number of anilines is 2. The lowest BCUT2D eigenvalue weighted by atomic mass is 10.00. The van der Waals surface area contributed by atoms with Crippen LogP contribution in [-0.2, 0) is 4.79 Å². The summed E-state index contributed by atoms with van der Waals surface area (Å²) in [5, 5.41) is 2.83. The molecule has 0 aliphatic rings. The predicted octanol–water partition coefficient (Wildman–Crippen LogP) is 6.11. The van der Waals surface area contributed by atoms with E-state index in [2.05, 4.69) is 17.4 Å². The van der Waals surface area contributed by atoms with Gasteiger partial charge in [-0.1, -0.05) is 67.4 Å². The number of rotatable bonds is 11. The number of Topliss-reactive ketones (excluding diaryl/α,β-unsaturated/α-hetero) is 1. The number of nitrogen functional groups attached to an aromatic ring is 1. The third kappa shape index (κ3) is 6.71. The Bertz CT molecular complexity index is 1030. The molecule has 0 unspecified atom stereocenters. The molecular weight excluding hydrogens is 400 g/mol. The van der Waals surface area contributed by atoms with Gasteiger partial charge in [0.1, 0.15) is 5.75 Å². The number of carbonyl (C=O) groups is 2. The first-order chi connectivity index (χ1) is 15.6. The molecule has 1 amide bonds. The average Bonchev–Trinajstić information content (AvgIpc) is 2.83. The van der Waals surface area contributed by atoms with E-state index in [4.69, 9.17) is 10.5 Å². The highest BCUT2D eigenvalue weighted by atomic mass is 16.5. The Labute approximate surface area is 189 Å². The summed E-state index contributed by atoms with van der Waals surface area (Å²) in [7, 11) is 1.57. The first-order valence-corrected chi connectivity index (χ1v) is 11.0. The molecule has 166 valence electrons. The molecular formula is C27H30N2O3. The van der Waals surface area contributed by atoms with E-state index in [1.54, 1.807) is 25.3 Å². The Morgan fingerprint density at radius 2 is 1.47 bits per heavy atom. The van der Waals surface area contributed by atoms with E-state index >= 15 is 0 Å². The molecule has 5 nitrogen and oxygen atoms in total. The number of ketones is 1. The summed E-state index contributed by atoms with van der Waals surface area (Å²) < 4.78 is 5.11. The van der Waals surface area contributed by atoms with Crippen LogP contribution >= 0.6 is 0 Å². The van der Waals surface area contributed by atoms with Crippen LogP contribution in [0.3, 0.4) is 0 Å². The number of amides is 1. The summed E-state index contributed by atoms with van der Waals surface area (Å²) >= 11 is 0. The highest BCUT2D eigenvalue weighted by molar-refractivity contribution is 5.96. The zero-order chi connectivity index (χ0) is 22.8. The lowest BCUT2D eigenvalue weighted by Crippen LogP contribution is -2.12. The van der Waals surface area contributed by atoms with Crippen molar-refractivity contribution in [3.8, 4) is 16.9 Å². The van der Waals surface area contributed by atoms with Crippen LogP contribution in [0, 0.1) is 0 Å². The summed E-state index contributed by atoms with van der Waals surface area (Å²) in [5.74, 6) is 0.760. The summed E-state index contributed by atoms with van der Waals surface area (Å²) in [5.41, 5.74) is 10.0. The van der Waals surface area contributed by atoms with Gasteiger partial charge >= 0.3 is 0 Å². The van der Waals surface area contributed by atoms with E-state index in [-0.39, 0.29) is 11.7 Å². The SMILES string of the molecule is COc1ccc(NC(=O)CCCCCCC(=O)c2ccc(-c3ccccc3)cc2)c(N)c1. The fraction of sp³-hybridized carbons (Fsp3) is 0.259. The lowest BCUT2D eigenvalue weighted by Gasteiger charge is -2.09. The maximum absolute atomic E-state index is 12.4. The molecule has 0 fully saturated rings. The van der Waals surface area contributed by atoms with Crippen molar-refractivity contribution in [3.05, 3.63) is 78.4 Å². The second-order valence-electron chi connectivity index (χ2n) is 7.78. The van der Waals surface area contributed by atoms with Crippen molar-refractivity contribution in [1.29, 1.82) is 0 Å². The van der Waals surface area contributed by atoms with Gasteiger partial charge in [-0.05, 0) is 36.1 Å². The Balaban J connectivity index is 1.33. The maximum Gasteiger partial charge on any atom is 0.224 e. The highest BCUT2D eigenvalue weighted by Crippen LogP contribution is 2.24. The van der Waals surface area contributed by atoms with Gasteiger partial charge in [0.05, 0.1) is 18.5 Å². The van der Waals surface area contributed by atoms with Crippen molar-refractivity contribution in [1.82, 2.24) is 0 Å². The normalized spacial score (nSPS) is 10.5. The summed E-state index contributed by atoms with van der Waals surface area (Å²) in [6.07, 6.45) is 4.39. The number of ether oxygens (including phenoxy) is 1. The monoisotopic (exact) mass is 430 g/mol. The zero-order valence-corrected chi connectivity index (χ0v) is 18.5. The van der Waals surface area contributed by atoms with Crippen LogP contribution in [0.25, 0.3) is 11.1 Å². The molecule has 0 heterocycles. The number of nitrogens with two attached hydrogens (primary N) is 1. The Kier molecular flexibility index (Phi) is 8.44. The third-order valence-electron chi connectivity index (χ3n) is 5.40. The highest BCUT2D eigenvalue weighted by Gasteiger charge is 2.08.